The van der Waals surface area contributed by atoms with Gasteiger partial charge in [-0.05, 0) is 35.7 Å². The number of rotatable bonds is 4. The minimum absolute atomic E-state index is 0.0874. The first-order valence-corrected chi connectivity index (χ1v) is 9.30. The van der Waals surface area contributed by atoms with Crippen LogP contribution in [0.15, 0.2) is 66.8 Å². The maximum atomic E-state index is 6.59. The van der Waals surface area contributed by atoms with Crippen molar-refractivity contribution in [2.75, 3.05) is 0 Å². The average Bonchev–Trinajstić information content (AvgIpc) is 2.84. The van der Waals surface area contributed by atoms with Crippen LogP contribution in [-0.4, -0.2) is 12.2 Å². The van der Waals surface area contributed by atoms with E-state index in [1.165, 1.54) is 18.4 Å². The zero-order valence-corrected chi connectivity index (χ0v) is 15.2. The summed E-state index contributed by atoms with van der Waals surface area (Å²) in [6.45, 7) is 7.14. The summed E-state index contributed by atoms with van der Waals surface area (Å²) in [6, 6.07) is 10.9. The Hall–Kier alpha value is -1.60. The zero-order valence-electron chi connectivity index (χ0n) is 15.2. The summed E-state index contributed by atoms with van der Waals surface area (Å²) < 4.78 is 6.59. The average molecular weight is 322 g/mol. The van der Waals surface area contributed by atoms with Gasteiger partial charge in [0.05, 0.1) is 12.2 Å². The maximum absolute atomic E-state index is 6.59. The summed E-state index contributed by atoms with van der Waals surface area (Å²) >= 11 is 0. The lowest BCUT2D eigenvalue weighted by Crippen LogP contribution is -2.43. The molecule has 0 N–H and O–H groups in total. The molecule has 0 saturated heterocycles. The fourth-order valence-electron chi connectivity index (χ4n) is 4.22. The zero-order chi connectivity index (χ0) is 17.0. The fraction of sp³-hybridized carbons (Fsp3) is 0.478. The van der Waals surface area contributed by atoms with Crippen LogP contribution in [0.1, 0.15) is 45.6 Å². The van der Waals surface area contributed by atoms with Crippen molar-refractivity contribution >= 4 is 0 Å². The molecule has 1 heteroatoms. The number of allylic oxidation sites excluding steroid dienone is 4. The lowest BCUT2D eigenvalue weighted by atomic mass is 9.64. The first kappa shape index (κ1) is 17.2. The number of hydrogen-bond donors (Lipinski definition) is 0. The van der Waals surface area contributed by atoms with Gasteiger partial charge >= 0.3 is 0 Å². The second kappa shape index (κ2) is 7.53. The molecule has 128 valence electrons. The van der Waals surface area contributed by atoms with Crippen LogP contribution in [0.25, 0.3) is 0 Å². The molecule has 1 aromatic rings. The van der Waals surface area contributed by atoms with E-state index < -0.39 is 0 Å². The Morgan fingerprint density at radius 2 is 1.58 bits per heavy atom. The van der Waals surface area contributed by atoms with Crippen molar-refractivity contribution < 1.29 is 4.74 Å². The molecule has 0 amide bonds. The molecule has 3 atom stereocenters. The molecule has 1 nitrogen and oxygen atoms in total. The van der Waals surface area contributed by atoms with Crippen LogP contribution in [0, 0.1) is 11.8 Å². The monoisotopic (exact) mass is 322 g/mol. The van der Waals surface area contributed by atoms with E-state index in [9.17, 15) is 0 Å². The van der Waals surface area contributed by atoms with Crippen molar-refractivity contribution in [1.29, 1.82) is 0 Å². The fourth-order valence-corrected chi connectivity index (χ4v) is 4.22. The minimum atomic E-state index is 0.0874. The third kappa shape index (κ3) is 3.89. The molecule has 0 radical (unpaired) electrons. The molecular weight excluding hydrogens is 292 g/mol. The lowest BCUT2D eigenvalue weighted by molar-refractivity contribution is -0.0564. The highest BCUT2D eigenvalue weighted by molar-refractivity contribution is 5.26. The van der Waals surface area contributed by atoms with E-state index in [4.69, 9.17) is 4.74 Å². The maximum Gasteiger partial charge on any atom is 0.0947 e. The van der Waals surface area contributed by atoms with Crippen molar-refractivity contribution in [3.05, 3.63) is 72.4 Å². The molecule has 3 rings (SSSR count). The normalized spacial score (nSPS) is 28.0. The third-order valence-corrected chi connectivity index (χ3v) is 5.77. The van der Waals surface area contributed by atoms with Crippen LogP contribution in [0.4, 0.5) is 0 Å². The van der Waals surface area contributed by atoms with Crippen LogP contribution < -0.4 is 0 Å². The predicted molar refractivity (Wildman–Crippen MR) is 102 cm³/mol. The first-order valence-electron chi connectivity index (χ1n) is 9.30. The SMILES string of the molecule is C[C@@H]1CC[C@@H](C(C)(C)c2ccccc2)[C@H](OC2C=CC=CC=C2)C1. The van der Waals surface area contributed by atoms with Gasteiger partial charge in [0.1, 0.15) is 0 Å². The molecular formula is C23H30O. The Labute approximate surface area is 147 Å². The summed E-state index contributed by atoms with van der Waals surface area (Å²) in [7, 11) is 0. The molecule has 24 heavy (non-hydrogen) atoms. The molecule has 0 spiro atoms. The molecule has 1 fully saturated rings. The Balaban J connectivity index is 1.81. The standard InChI is InChI=1S/C23H30O/c1-18-15-16-21(23(2,3)19-11-7-6-8-12-19)22(17-18)24-20-13-9-4-5-10-14-20/h4-14,18,20-22H,15-17H2,1-3H3/t18-,21-,22-/m1/s1. The number of ether oxygens (including phenoxy) is 1. The van der Waals surface area contributed by atoms with Crippen LogP contribution in [0.3, 0.4) is 0 Å². The van der Waals surface area contributed by atoms with Crippen molar-refractivity contribution in [2.24, 2.45) is 11.8 Å². The van der Waals surface area contributed by atoms with E-state index in [1.54, 1.807) is 0 Å². The van der Waals surface area contributed by atoms with Crippen LogP contribution in [0.2, 0.25) is 0 Å². The van der Waals surface area contributed by atoms with E-state index in [1.807, 2.05) is 0 Å². The summed E-state index contributed by atoms with van der Waals surface area (Å²) in [4.78, 5) is 0. The molecule has 0 unspecified atom stereocenters. The van der Waals surface area contributed by atoms with E-state index in [-0.39, 0.29) is 11.5 Å². The highest BCUT2D eigenvalue weighted by Crippen LogP contribution is 2.44. The van der Waals surface area contributed by atoms with Crippen molar-refractivity contribution in [1.82, 2.24) is 0 Å². The largest absolute Gasteiger partial charge is 0.366 e. The summed E-state index contributed by atoms with van der Waals surface area (Å²) in [5, 5.41) is 0. The highest BCUT2D eigenvalue weighted by Gasteiger charge is 2.41. The van der Waals surface area contributed by atoms with E-state index in [0.717, 1.165) is 12.3 Å². The quantitative estimate of drug-likeness (QED) is 0.677. The topological polar surface area (TPSA) is 9.23 Å². The van der Waals surface area contributed by atoms with E-state index in [2.05, 4.69) is 87.6 Å². The van der Waals surface area contributed by atoms with Gasteiger partial charge in [0, 0.05) is 0 Å². The van der Waals surface area contributed by atoms with Gasteiger partial charge in [0.25, 0.3) is 0 Å². The van der Waals surface area contributed by atoms with Gasteiger partial charge in [-0.3, -0.25) is 0 Å². The van der Waals surface area contributed by atoms with Gasteiger partial charge in [-0.1, -0.05) is 94.0 Å². The highest BCUT2D eigenvalue weighted by atomic mass is 16.5. The number of benzene rings is 1. The second-order valence-corrected chi connectivity index (χ2v) is 7.91. The molecule has 1 aromatic carbocycles. The lowest BCUT2D eigenvalue weighted by Gasteiger charge is -2.45. The van der Waals surface area contributed by atoms with Crippen LogP contribution in [0.5, 0.6) is 0 Å². The Kier molecular flexibility index (Phi) is 5.40. The van der Waals surface area contributed by atoms with Crippen LogP contribution >= 0.6 is 0 Å². The molecule has 0 aliphatic heterocycles. The van der Waals surface area contributed by atoms with E-state index in [0.29, 0.717) is 12.0 Å². The smallest absolute Gasteiger partial charge is 0.0947 e. The molecule has 0 aromatic heterocycles. The first-order chi connectivity index (χ1) is 11.6. The van der Waals surface area contributed by atoms with Crippen molar-refractivity contribution in [3.8, 4) is 0 Å². The molecule has 2 aliphatic carbocycles. The molecule has 2 aliphatic rings. The summed E-state index contributed by atoms with van der Waals surface area (Å²) in [6.07, 6.45) is 16.7. The van der Waals surface area contributed by atoms with Crippen molar-refractivity contribution in [3.63, 3.8) is 0 Å². The van der Waals surface area contributed by atoms with Gasteiger partial charge in [-0.25, -0.2) is 0 Å². The summed E-state index contributed by atoms with van der Waals surface area (Å²) in [5.41, 5.74) is 1.55. The minimum Gasteiger partial charge on any atom is -0.366 e. The Morgan fingerprint density at radius 1 is 0.917 bits per heavy atom. The van der Waals surface area contributed by atoms with Gasteiger partial charge in [0.15, 0.2) is 0 Å². The van der Waals surface area contributed by atoms with Crippen molar-refractivity contribution in [2.45, 2.75) is 57.7 Å². The van der Waals surface area contributed by atoms with Gasteiger partial charge in [-0.15, -0.1) is 0 Å². The summed E-state index contributed by atoms with van der Waals surface area (Å²) in [5.74, 6) is 1.30. The number of hydrogen-bond acceptors (Lipinski definition) is 1. The Morgan fingerprint density at radius 3 is 2.25 bits per heavy atom. The van der Waals surface area contributed by atoms with Gasteiger partial charge in [-0.2, -0.15) is 0 Å². The van der Waals surface area contributed by atoms with Gasteiger partial charge < -0.3 is 4.74 Å². The Bertz CT molecular complexity index is 592. The molecule has 0 heterocycles. The third-order valence-electron chi connectivity index (χ3n) is 5.77. The molecule has 1 saturated carbocycles. The molecule has 0 bridgehead atoms. The van der Waals surface area contributed by atoms with E-state index >= 15 is 0 Å². The predicted octanol–water partition coefficient (Wildman–Crippen LogP) is 5.84. The second-order valence-electron chi connectivity index (χ2n) is 7.91. The van der Waals surface area contributed by atoms with Gasteiger partial charge in [0.2, 0.25) is 0 Å². The van der Waals surface area contributed by atoms with Crippen LogP contribution in [-0.2, 0) is 10.2 Å².